The molecule has 94 valence electrons. The Labute approximate surface area is 106 Å². The molecule has 8 heteroatoms. The van der Waals surface area contributed by atoms with Crippen molar-refractivity contribution in [2.24, 2.45) is 0 Å². The van der Waals surface area contributed by atoms with Gasteiger partial charge in [-0.3, -0.25) is 4.79 Å². The third kappa shape index (κ3) is 3.20. The van der Waals surface area contributed by atoms with E-state index in [1.54, 1.807) is 0 Å². The molecule has 0 aliphatic rings. The zero-order valence-electron chi connectivity index (χ0n) is 9.21. The first-order chi connectivity index (χ1) is 8.65. The van der Waals surface area contributed by atoms with Crippen molar-refractivity contribution < 1.29 is 9.18 Å². The number of halogens is 1. The first-order valence-corrected chi connectivity index (χ1v) is 5.97. The predicted molar refractivity (Wildman–Crippen MR) is 65.9 cm³/mol. The fourth-order valence-electron chi connectivity index (χ4n) is 1.20. The Morgan fingerprint density at radius 2 is 2.17 bits per heavy atom. The highest BCUT2D eigenvalue weighted by Gasteiger charge is 2.07. The van der Waals surface area contributed by atoms with Gasteiger partial charge in [-0.2, -0.15) is 0 Å². The van der Waals surface area contributed by atoms with E-state index in [4.69, 9.17) is 5.84 Å². The van der Waals surface area contributed by atoms with E-state index in [2.05, 4.69) is 15.5 Å². The Kier molecular flexibility index (Phi) is 3.78. The summed E-state index contributed by atoms with van der Waals surface area (Å²) < 4.78 is 13.9. The van der Waals surface area contributed by atoms with Crippen LogP contribution >= 0.6 is 11.8 Å². The number of thioether (sulfide) groups is 1. The topological polar surface area (TPSA) is 85.8 Å². The van der Waals surface area contributed by atoms with Gasteiger partial charge in [0.2, 0.25) is 11.1 Å². The molecule has 1 amide bonds. The number of nitrogens with zero attached hydrogens (tertiary/aromatic N) is 3. The van der Waals surface area contributed by atoms with Crippen molar-refractivity contribution in [1.82, 2.24) is 14.9 Å². The molecule has 2 aromatic rings. The van der Waals surface area contributed by atoms with Gasteiger partial charge >= 0.3 is 0 Å². The van der Waals surface area contributed by atoms with Crippen LogP contribution in [0.25, 0.3) is 0 Å². The van der Waals surface area contributed by atoms with E-state index >= 15 is 0 Å². The van der Waals surface area contributed by atoms with Gasteiger partial charge in [-0.1, -0.05) is 11.8 Å². The van der Waals surface area contributed by atoms with Crippen molar-refractivity contribution in [1.29, 1.82) is 0 Å². The van der Waals surface area contributed by atoms with E-state index in [1.807, 2.05) is 0 Å². The number of carbonyl (C=O) groups is 1. The van der Waals surface area contributed by atoms with E-state index < -0.39 is 0 Å². The summed E-state index contributed by atoms with van der Waals surface area (Å²) in [6, 6.07) is 5.53. The average Bonchev–Trinajstić information content (AvgIpc) is 2.75. The average molecular weight is 267 g/mol. The largest absolute Gasteiger partial charge is 0.336 e. The predicted octanol–water partition coefficient (Wildman–Crippen LogP) is 0.862. The van der Waals surface area contributed by atoms with Gasteiger partial charge < -0.3 is 11.2 Å². The summed E-state index contributed by atoms with van der Waals surface area (Å²) >= 11 is 1.16. The molecule has 0 aliphatic heterocycles. The summed E-state index contributed by atoms with van der Waals surface area (Å²) in [6.45, 7) is 0. The number of nitrogens with two attached hydrogens (primary N) is 1. The van der Waals surface area contributed by atoms with Crippen LogP contribution in [0.2, 0.25) is 0 Å². The lowest BCUT2D eigenvalue weighted by Gasteiger charge is -2.04. The smallest absolute Gasteiger partial charge is 0.234 e. The number of hydrogen-bond acceptors (Lipinski definition) is 5. The molecule has 0 bridgehead atoms. The SMILES string of the molecule is Nn1cnnc1SCC(=O)Nc1ccc(F)cc1. The third-order valence-corrected chi connectivity index (χ3v) is 2.96. The molecule has 0 unspecified atom stereocenters. The van der Waals surface area contributed by atoms with Crippen LogP contribution in [0.1, 0.15) is 0 Å². The van der Waals surface area contributed by atoms with Crippen molar-refractivity contribution in [3.05, 3.63) is 36.4 Å². The Bertz CT molecular complexity index is 541. The summed E-state index contributed by atoms with van der Waals surface area (Å²) in [4.78, 5) is 11.6. The lowest BCUT2D eigenvalue weighted by atomic mass is 10.3. The van der Waals surface area contributed by atoms with Crippen LogP contribution in [-0.4, -0.2) is 26.5 Å². The fraction of sp³-hybridized carbons (Fsp3) is 0.100. The second-order valence-corrected chi connectivity index (χ2v) is 4.31. The summed E-state index contributed by atoms with van der Waals surface area (Å²) in [7, 11) is 0. The number of amides is 1. The molecule has 1 aromatic heterocycles. The lowest BCUT2D eigenvalue weighted by molar-refractivity contribution is -0.113. The molecule has 0 fully saturated rings. The number of nitrogen functional groups attached to an aromatic ring is 1. The molecular weight excluding hydrogens is 257 g/mol. The molecule has 0 spiro atoms. The van der Waals surface area contributed by atoms with Crippen LogP contribution in [0.3, 0.4) is 0 Å². The van der Waals surface area contributed by atoms with Crippen molar-refractivity contribution in [3.8, 4) is 0 Å². The van der Waals surface area contributed by atoms with E-state index in [-0.39, 0.29) is 17.5 Å². The molecule has 2 rings (SSSR count). The van der Waals surface area contributed by atoms with Gasteiger partial charge in [0.25, 0.3) is 0 Å². The van der Waals surface area contributed by atoms with Crippen molar-refractivity contribution >= 4 is 23.4 Å². The minimum Gasteiger partial charge on any atom is -0.336 e. The molecule has 18 heavy (non-hydrogen) atoms. The van der Waals surface area contributed by atoms with Gasteiger partial charge in [0, 0.05) is 5.69 Å². The van der Waals surface area contributed by atoms with E-state index in [0.29, 0.717) is 10.8 Å². The molecule has 0 saturated carbocycles. The number of rotatable bonds is 4. The van der Waals surface area contributed by atoms with Crippen molar-refractivity contribution in [3.63, 3.8) is 0 Å². The number of hydrogen-bond donors (Lipinski definition) is 2. The Morgan fingerprint density at radius 1 is 1.44 bits per heavy atom. The molecule has 1 aromatic carbocycles. The van der Waals surface area contributed by atoms with Crippen LogP contribution in [0.4, 0.5) is 10.1 Å². The van der Waals surface area contributed by atoms with Crippen molar-refractivity contribution in [2.45, 2.75) is 5.16 Å². The quantitative estimate of drug-likeness (QED) is 0.634. The van der Waals surface area contributed by atoms with Crippen LogP contribution in [-0.2, 0) is 4.79 Å². The third-order valence-electron chi connectivity index (χ3n) is 2.00. The maximum absolute atomic E-state index is 12.7. The fourth-order valence-corrected chi connectivity index (χ4v) is 1.83. The van der Waals surface area contributed by atoms with Crippen LogP contribution in [0, 0.1) is 5.82 Å². The minimum absolute atomic E-state index is 0.146. The molecule has 6 nitrogen and oxygen atoms in total. The highest BCUT2D eigenvalue weighted by atomic mass is 32.2. The first kappa shape index (κ1) is 12.4. The lowest BCUT2D eigenvalue weighted by Crippen LogP contribution is -2.15. The number of anilines is 1. The Hall–Kier alpha value is -2.09. The Morgan fingerprint density at radius 3 is 2.78 bits per heavy atom. The highest BCUT2D eigenvalue weighted by molar-refractivity contribution is 7.99. The molecule has 0 saturated heterocycles. The van der Waals surface area contributed by atoms with Gasteiger partial charge in [0.05, 0.1) is 5.75 Å². The maximum Gasteiger partial charge on any atom is 0.234 e. The standard InChI is InChI=1S/C10H10FN5OS/c11-7-1-3-8(4-2-7)14-9(17)5-18-10-15-13-6-16(10)12/h1-4,6H,5,12H2,(H,14,17). The normalized spacial score (nSPS) is 10.3. The number of carbonyl (C=O) groups excluding carboxylic acids is 1. The zero-order chi connectivity index (χ0) is 13.0. The monoisotopic (exact) mass is 267 g/mol. The van der Waals surface area contributed by atoms with Gasteiger partial charge in [-0.05, 0) is 24.3 Å². The highest BCUT2D eigenvalue weighted by Crippen LogP contribution is 2.13. The molecule has 1 heterocycles. The van der Waals surface area contributed by atoms with Gasteiger partial charge in [0.15, 0.2) is 0 Å². The molecular formula is C10H10FN5OS. The molecule has 3 N–H and O–H groups in total. The van der Waals surface area contributed by atoms with E-state index in [0.717, 1.165) is 11.8 Å². The van der Waals surface area contributed by atoms with Gasteiger partial charge in [-0.25, -0.2) is 9.07 Å². The first-order valence-electron chi connectivity index (χ1n) is 4.98. The molecule has 0 radical (unpaired) electrons. The molecule has 0 atom stereocenters. The number of benzene rings is 1. The summed E-state index contributed by atoms with van der Waals surface area (Å²) in [5, 5.41) is 10.4. The van der Waals surface area contributed by atoms with E-state index in [1.165, 1.54) is 35.3 Å². The van der Waals surface area contributed by atoms with Crippen molar-refractivity contribution in [2.75, 3.05) is 16.9 Å². The van der Waals surface area contributed by atoms with E-state index in [9.17, 15) is 9.18 Å². The van der Waals surface area contributed by atoms with Crippen LogP contribution in [0.15, 0.2) is 35.7 Å². The second-order valence-electron chi connectivity index (χ2n) is 3.36. The summed E-state index contributed by atoms with van der Waals surface area (Å²) in [6.07, 6.45) is 1.35. The minimum atomic E-state index is -0.349. The maximum atomic E-state index is 12.7. The van der Waals surface area contributed by atoms with Gasteiger partial charge in [-0.15, -0.1) is 10.2 Å². The zero-order valence-corrected chi connectivity index (χ0v) is 10.0. The summed E-state index contributed by atoms with van der Waals surface area (Å²) in [5.74, 6) is 5.06. The van der Waals surface area contributed by atoms with Gasteiger partial charge in [0.1, 0.15) is 12.1 Å². The Balaban J connectivity index is 1.86. The number of nitrogens with one attached hydrogen (secondary N) is 1. The summed E-state index contributed by atoms with van der Waals surface area (Å²) in [5.41, 5.74) is 0.538. The van der Waals surface area contributed by atoms with Crippen LogP contribution < -0.4 is 11.2 Å². The second kappa shape index (κ2) is 5.50. The number of aromatic nitrogens is 3. The van der Waals surface area contributed by atoms with Crippen LogP contribution in [0.5, 0.6) is 0 Å². The molecule has 0 aliphatic carbocycles.